The predicted molar refractivity (Wildman–Crippen MR) is 180 cm³/mol. The Labute approximate surface area is 273 Å². The molecular weight excluding hydrogens is 602 g/mol. The van der Waals surface area contributed by atoms with Gasteiger partial charge in [0.1, 0.15) is 0 Å². The SMILES string of the molecule is CCOC(=O)N1CCC(NCc2ccc(C(O)(c3ccc4c(c3)c(-c3cccc(Cl)c3)cc(=O)n4C)c3cncn3C)cc2)CC1. The zero-order valence-electron chi connectivity index (χ0n) is 26.2. The van der Waals surface area contributed by atoms with Crippen molar-refractivity contribution in [3.8, 4) is 11.1 Å². The van der Waals surface area contributed by atoms with Crippen LogP contribution in [-0.4, -0.2) is 56.0 Å². The van der Waals surface area contributed by atoms with E-state index >= 15 is 0 Å². The summed E-state index contributed by atoms with van der Waals surface area (Å²) in [6.07, 6.45) is 4.84. The minimum atomic E-state index is -1.54. The molecule has 46 heavy (non-hydrogen) atoms. The van der Waals surface area contributed by atoms with E-state index in [-0.39, 0.29) is 11.7 Å². The first kappa shape index (κ1) is 31.5. The van der Waals surface area contributed by atoms with E-state index < -0.39 is 5.60 Å². The Kier molecular flexibility index (Phi) is 8.99. The van der Waals surface area contributed by atoms with Crippen molar-refractivity contribution in [1.82, 2.24) is 24.3 Å². The topological polar surface area (TPSA) is 102 Å². The number of benzene rings is 3. The van der Waals surface area contributed by atoms with Gasteiger partial charge >= 0.3 is 6.09 Å². The second-order valence-corrected chi connectivity index (χ2v) is 12.3. The van der Waals surface area contributed by atoms with Gasteiger partial charge in [0.15, 0.2) is 5.60 Å². The van der Waals surface area contributed by atoms with Gasteiger partial charge in [0.25, 0.3) is 5.56 Å². The molecule has 9 nitrogen and oxygen atoms in total. The van der Waals surface area contributed by atoms with Gasteiger partial charge in [0.05, 0.1) is 30.3 Å². The number of fused-ring (bicyclic) bond motifs is 1. The van der Waals surface area contributed by atoms with Gasteiger partial charge in [-0.3, -0.25) is 4.79 Å². The van der Waals surface area contributed by atoms with E-state index in [4.69, 9.17) is 16.3 Å². The summed E-state index contributed by atoms with van der Waals surface area (Å²) in [4.78, 5) is 31.1. The third-order valence-electron chi connectivity index (χ3n) is 8.97. The van der Waals surface area contributed by atoms with Crippen LogP contribution in [0.25, 0.3) is 22.0 Å². The summed E-state index contributed by atoms with van der Waals surface area (Å²) in [7, 11) is 3.61. The molecule has 238 valence electrons. The van der Waals surface area contributed by atoms with Crippen molar-refractivity contribution < 1.29 is 14.6 Å². The molecule has 1 atom stereocenters. The molecule has 2 N–H and O–H groups in total. The minimum Gasteiger partial charge on any atom is -0.450 e. The van der Waals surface area contributed by atoms with Crippen LogP contribution in [0.3, 0.4) is 0 Å². The Bertz CT molecular complexity index is 1930. The molecule has 0 radical (unpaired) electrons. The number of pyridine rings is 1. The average Bonchev–Trinajstić information content (AvgIpc) is 3.51. The summed E-state index contributed by atoms with van der Waals surface area (Å²) in [5.41, 5.74) is 3.66. The first-order chi connectivity index (χ1) is 22.2. The Hall–Kier alpha value is -4.44. The van der Waals surface area contributed by atoms with E-state index in [1.807, 2.05) is 79.2 Å². The molecule has 2 aromatic heterocycles. The number of halogens is 1. The van der Waals surface area contributed by atoms with Crippen LogP contribution in [0, 0.1) is 0 Å². The molecule has 6 rings (SSSR count). The highest BCUT2D eigenvalue weighted by Gasteiger charge is 2.37. The van der Waals surface area contributed by atoms with Crippen LogP contribution in [0.2, 0.25) is 5.02 Å². The van der Waals surface area contributed by atoms with Gasteiger partial charge in [-0.2, -0.15) is 0 Å². The second-order valence-electron chi connectivity index (χ2n) is 11.8. The second kappa shape index (κ2) is 13.1. The molecule has 5 aromatic rings. The molecule has 0 aliphatic carbocycles. The van der Waals surface area contributed by atoms with Crippen molar-refractivity contribution in [1.29, 1.82) is 0 Å². The Balaban J connectivity index is 1.32. The summed E-state index contributed by atoms with van der Waals surface area (Å²) in [5.74, 6) is 0. The predicted octanol–water partition coefficient (Wildman–Crippen LogP) is 5.59. The number of ether oxygens (including phenoxy) is 1. The van der Waals surface area contributed by atoms with E-state index in [1.165, 1.54) is 0 Å². The van der Waals surface area contributed by atoms with E-state index in [0.29, 0.717) is 54.1 Å². The lowest BCUT2D eigenvalue weighted by molar-refractivity contribution is 0.0949. The highest BCUT2D eigenvalue weighted by Crippen LogP contribution is 2.39. The summed E-state index contributed by atoms with van der Waals surface area (Å²) >= 11 is 6.34. The van der Waals surface area contributed by atoms with E-state index in [2.05, 4.69) is 10.3 Å². The van der Waals surface area contributed by atoms with Gasteiger partial charge < -0.3 is 29.2 Å². The van der Waals surface area contributed by atoms with Crippen LogP contribution in [0.15, 0.2) is 90.1 Å². The maximum absolute atomic E-state index is 12.9. The first-order valence-electron chi connectivity index (χ1n) is 15.5. The van der Waals surface area contributed by atoms with Gasteiger partial charge in [-0.15, -0.1) is 0 Å². The highest BCUT2D eigenvalue weighted by molar-refractivity contribution is 6.30. The van der Waals surface area contributed by atoms with Crippen molar-refractivity contribution in [3.63, 3.8) is 0 Å². The molecule has 0 spiro atoms. The molecule has 0 bridgehead atoms. The fourth-order valence-electron chi connectivity index (χ4n) is 6.36. The molecule has 0 saturated carbocycles. The smallest absolute Gasteiger partial charge is 0.409 e. The van der Waals surface area contributed by atoms with Crippen LogP contribution in [0.5, 0.6) is 0 Å². The summed E-state index contributed by atoms with van der Waals surface area (Å²) in [6.45, 7) is 4.22. The molecule has 1 amide bonds. The zero-order valence-corrected chi connectivity index (χ0v) is 27.0. The minimum absolute atomic E-state index is 0.133. The molecule has 10 heteroatoms. The highest BCUT2D eigenvalue weighted by atomic mass is 35.5. The number of nitrogens with one attached hydrogen (secondary N) is 1. The van der Waals surface area contributed by atoms with Gasteiger partial charge in [-0.25, -0.2) is 9.78 Å². The quantitative estimate of drug-likeness (QED) is 0.230. The summed E-state index contributed by atoms with van der Waals surface area (Å²) < 4.78 is 8.56. The number of hydrogen-bond acceptors (Lipinski definition) is 6. The number of nitrogens with zero attached hydrogens (tertiary/aromatic N) is 4. The molecule has 1 aliphatic heterocycles. The van der Waals surface area contributed by atoms with Crippen molar-refractivity contribution in [2.45, 2.75) is 38.0 Å². The van der Waals surface area contributed by atoms with Gasteiger partial charge in [-0.1, -0.05) is 54.1 Å². The van der Waals surface area contributed by atoms with Crippen LogP contribution in [0.1, 0.15) is 42.1 Å². The number of carbonyl (C=O) groups is 1. The number of hydrogen-bond donors (Lipinski definition) is 2. The van der Waals surface area contributed by atoms with E-state index in [9.17, 15) is 14.7 Å². The van der Waals surface area contributed by atoms with Gasteiger partial charge in [0, 0.05) is 56.2 Å². The van der Waals surface area contributed by atoms with Gasteiger partial charge in [0.2, 0.25) is 0 Å². The fourth-order valence-corrected chi connectivity index (χ4v) is 6.55. The Morgan fingerprint density at radius 2 is 1.78 bits per heavy atom. The Morgan fingerprint density at radius 1 is 1.04 bits per heavy atom. The molecule has 1 saturated heterocycles. The van der Waals surface area contributed by atoms with Crippen LogP contribution >= 0.6 is 11.6 Å². The number of amides is 1. The van der Waals surface area contributed by atoms with Crippen LogP contribution in [-0.2, 0) is 31.0 Å². The van der Waals surface area contributed by atoms with Crippen LogP contribution in [0.4, 0.5) is 4.79 Å². The monoisotopic (exact) mass is 639 g/mol. The third kappa shape index (κ3) is 6.06. The number of likely N-dealkylation sites (tertiary alicyclic amines) is 1. The molecule has 1 aliphatic rings. The number of aryl methyl sites for hydroxylation is 2. The number of aliphatic hydroxyl groups is 1. The van der Waals surface area contributed by atoms with Crippen molar-refractivity contribution in [2.75, 3.05) is 19.7 Å². The average molecular weight is 640 g/mol. The summed E-state index contributed by atoms with van der Waals surface area (Å²) in [6, 6.07) is 23.0. The molecule has 1 fully saturated rings. The van der Waals surface area contributed by atoms with Gasteiger partial charge in [-0.05, 0) is 71.8 Å². The standard InChI is InChI=1S/C36H38ClN5O4/c1-4-46-35(44)42-16-14-29(15-17-42)39-21-24-8-10-26(11-9-24)36(45,33-22-38-23-40(33)2)27-12-13-32-31(19-27)30(20-34(43)41(32)3)25-6-5-7-28(37)18-25/h5-13,18-20,22-23,29,39,45H,4,14-17,21H2,1-3H3. The van der Waals surface area contributed by atoms with E-state index in [0.717, 1.165) is 40.4 Å². The number of carbonyl (C=O) groups excluding carboxylic acids is 1. The number of aromatic nitrogens is 3. The van der Waals surface area contributed by atoms with Crippen molar-refractivity contribution >= 4 is 28.6 Å². The maximum Gasteiger partial charge on any atom is 0.409 e. The largest absolute Gasteiger partial charge is 0.450 e. The molecule has 3 aromatic carbocycles. The maximum atomic E-state index is 12.9. The lowest BCUT2D eigenvalue weighted by atomic mass is 9.82. The van der Waals surface area contributed by atoms with E-state index in [1.54, 1.807) is 41.2 Å². The Morgan fingerprint density at radius 3 is 2.46 bits per heavy atom. The van der Waals surface area contributed by atoms with Crippen molar-refractivity contribution in [3.05, 3.63) is 123 Å². The molecule has 1 unspecified atom stereocenters. The molecular formula is C36H38ClN5O4. The summed E-state index contributed by atoms with van der Waals surface area (Å²) in [5, 5.41) is 17.7. The first-order valence-corrected chi connectivity index (χ1v) is 15.9. The zero-order chi connectivity index (χ0) is 32.4. The van der Waals surface area contributed by atoms with Crippen molar-refractivity contribution in [2.24, 2.45) is 14.1 Å². The number of rotatable bonds is 8. The fraction of sp³-hybridized carbons (Fsp3) is 0.306. The number of imidazole rings is 1. The normalized spacial score (nSPS) is 15.2. The molecule has 3 heterocycles. The number of piperidine rings is 1. The lowest BCUT2D eigenvalue weighted by Gasteiger charge is -2.32. The third-order valence-corrected chi connectivity index (χ3v) is 9.21. The van der Waals surface area contributed by atoms with Crippen LogP contribution < -0.4 is 10.9 Å². The lowest BCUT2D eigenvalue weighted by Crippen LogP contribution is -2.44.